The van der Waals surface area contributed by atoms with Crippen LogP contribution in [0.5, 0.6) is 0 Å². The number of benzene rings is 1. The molecule has 118 valence electrons. The summed E-state index contributed by atoms with van der Waals surface area (Å²) in [6.45, 7) is 2.48. The second kappa shape index (κ2) is 6.55. The molecule has 1 heterocycles. The third kappa shape index (κ3) is 4.11. The first-order valence-electron chi connectivity index (χ1n) is 7.11. The maximum absolute atomic E-state index is 13.0. The van der Waals surface area contributed by atoms with Crippen LogP contribution >= 0.6 is 11.6 Å². The summed E-state index contributed by atoms with van der Waals surface area (Å²) in [6, 6.07) is 6.71. The van der Waals surface area contributed by atoms with Gasteiger partial charge in [-0.05, 0) is 44.0 Å². The van der Waals surface area contributed by atoms with Crippen molar-refractivity contribution < 1.29 is 13.2 Å². The highest BCUT2D eigenvalue weighted by Crippen LogP contribution is 2.36. The maximum atomic E-state index is 13.0. The molecule has 0 bridgehead atoms. The Morgan fingerprint density at radius 2 is 1.90 bits per heavy atom. The second-order valence-electron chi connectivity index (χ2n) is 5.73. The van der Waals surface area contributed by atoms with Crippen LogP contribution in [0.15, 0.2) is 24.3 Å². The molecule has 0 spiro atoms. The van der Waals surface area contributed by atoms with Gasteiger partial charge in [0.2, 0.25) is 0 Å². The molecule has 1 fully saturated rings. The number of alkyl halides is 3. The SMILES string of the molecule is CC(N)C(c1ccc(Cl)cc1)N1CCCC(C(F)(F)F)C1. The average molecular weight is 321 g/mol. The number of piperidine rings is 1. The number of halogens is 4. The molecular weight excluding hydrogens is 301 g/mol. The van der Waals surface area contributed by atoms with E-state index in [0.29, 0.717) is 18.0 Å². The summed E-state index contributed by atoms with van der Waals surface area (Å²) >= 11 is 5.87. The first kappa shape index (κ1) is 16.6. The van der Waals surface area contributed by atoms with Crippen LogP contribution in [0.1, 0.15) is 31.4 Å². The third-order valence-corrected chi connectivity index (χ3v) is 4.27. The normalized spacial score (nSPS) is 23.8. The quantitative estimate of drug-likeness (QED) is 0.912. The summed E-state index contributed by atoms with van der Waals surface area (Å²) < 4.78 is 38.9. The number of nitrogens with zero attached hydrogens (tertiary/aromatic N) is 1. The number of hydrogen-bond acceptors (Lipinski definition) is 2. The Kier molecular flexibility index (Phi) is 5.17. The molecule has 1 aromatic carbocycles. The van der Waals surface area contributed by atoms with Crippen LogP contribution in [-0.2, 0) is 0 Å². The molecule has 1 saturated heterocycles. The second-order valence-corrected chi connectivity index (χ2v) is 6.17. The molecule has 3 atom stereocenters. The van der Waals surface area contributed by atoms with Crippen molar-refractivity contribution in [3.63, 3.8) is 0 Å². The van der Waals surface area contributed by atoms with E-state index in [1.54, 1.807) is 12.1 Å². The van der Waals surface area contributed by atoms with Gasteiger partial charge in [0.1, 0.15) is 0 Å². The van der Waals surface area contributed by atoms with Gasteiger partial charge in [0.25, 0.3) is 0 Å². The molecule has 21 heavy (non-hydrogen) atoms. The van der Waals surface area contributed by atoms with Gasteiger partial charge in [-0.15, -0.1) is 0 Å². The van der Waals surface area contributed by atoms with E-state index in [0.717, 1.165) is 5.56 Å². The lowest BCUT2D eigenvalue weighted by molar-refractivity contribution is -0.189. The smallest absolute Gasteiger partial charge is 0.326 e. The van der Waals surface area contributed by atoms with Crippen LogP contribution in [0, 0.1) is 5.92 Å². The van der Waals surface area contributed by atoms with Crippen molar-refractivity contribution in [1.82, 2.24) is 4.90 Å². The maximum Gasteiger partial charge on any atom is 0.393 e. The van der Waals surface area contributed by atoms with Gasteiger partial charge in [-0.2, -0.15) is 13.2 Å². The summed E-state index contributed by atoms with van der Waals surface area (Å²) in [5.41, 5.74) is 6.95. The molecule has 2 N–H and O–H groups in total. The number of likely N-dealkylation sites (tertiary alicyclic amines) is 1. The Labute approximate surface area is 128 Å². The van der Waals surface area contributed by atoms with Crippen molar-refractivity contribution in [3.05, 3.63) is 34.9 Å². The van der Waals surface area contributed by atoms with Crippen LogP contribution in [0.3, 0.4) is 0 Å². The predicted octanol–water partition coefficient (Wildman–Crippen LogP) is 4.00. The minimum atomic E-state index is -4.14. The van der Waals surface area contributed by atoms with E-state index < -0.39 is 12.1 Å². The number of hydrogen-bond donors (Lipinski definition) is 1. The highest BCUT2D eigenvalue weighted by molar-refractivity contribution is 6.30. The highest BCUT2D eigenvalue weighted by Gasteiger charge is 2.43. The molecule has 3 unspecified atom stereocenters. The molecule has 0 aromatic heterocycles. The minimum Gasteiger partial charge on any atom is -0.326 e. The molecule has 1 aromatic rings. The molecule has 2 nitrogen and oxygen atoms in total. The lowest BCUT2D eigenvalue weighted by atomic mass is 9.92. The van der Waals surface area contributed by atoms with Crippen LogP contribution in [0.2, 0.25) is 5.02 Å². The van der Waals surface area contributed by atoms with Crippen molar-refractivity contribution in [2.45, 2.75) is 38.0 Å². The number of rotatable bonds is 3. The van der Waals surface area contributed by atoms with Gasteiger partial charge in [-0.3, -0.25) is 4.90 Å². The molecular formula is C15H20ClF3N2. The van der Waals surface area contributed by atoms with Crippen molar-refractivity contribution >= 4 is 11.6 Å². The Hall–Kier alpha value is -0.780. The molecule has 0 aliphatic carbocycles. The first-order valence-corrected chi connectivity index (χ1v) is 7.48. The van der Waals surface area contributed by atoms with Crippen molar-refractivity contribution in [2.75, 3.05) is 13.1 Å². The fourth-order valence-electron chi connectivity index (χ4n) is 3.03. The monoisotopic (exact) mass is 320 g/mol. The Bertz CT molecular complexity index is 459. The van der Waals surface area contributed by atoms with Crippen molar-refractivity contribution in [1.29, 1.82) is 0 Å². The summed E-state index contributed by atoms with van der Waals surface area (Å²) in [7, 11) is 0. The molecule has 1 aliphatic rings. The van der Waals surface area contributed by atoms with E-state index in [1.165, 1.54) is 0 Å². The van der Waals surface area contributed by atoms with E-state index in [1.807, 2.05) is 24.0 Å². The van der Waals surface area contributed by atoms with Gasteiger partial charge in [-0.25, -0.2) is 0 Å². The van der Waals surface area contributed by atoms with Gasteiger partial charge in [-0.1, -0.05) is 23.7 Å². The minimum absolute atomic E-state index is 0.0122. The topological polar surface area (TPSA) is 29.3 Å². The van der Waals surface area contributed by atoms with E-state index >= 15 is 0 Å². The highest BCUT2D eigenvalue weighted by atomic mass is 35.5. The summed E-state index contributed by atoms with van der Waals surface area (Å²) in [5, 5.41) is 0.606. The van der Waals surface area contributed by atoms with Gasteiger partial charge in [0.05, 0.1) is 5.92 Å². The van der Waals surface area contributed by atoms with E-state index in [-0.39, 0.29) is 25.0 Å². The summed E-state index contributed by atoms with van der Waals surface area (Å²) in [5.74, 6) is -1.26. The van der Waals surface area contributed by atoms with Crippen LogP contribution in [0.4, 0.5) is 13.2 Å². The van der Waals surface area contributed by atoms with E-state index in [2.05, 4.69) is 0 Å². The lowest BCUT2D eigenvalue weighted by Gasteiger charge is -2.40. The zero-order chi connectivity index (χ0) is 15.6. The molecule has 1 aliphatic heterocycles. The third-order valence-electron chi connectivity index (χ3n) is 4.02. The van der Waals surface area contributed by atoms with Crippen molar-refractivity contribution in [2.24, 2.45) is 11.7 Å². The summed E-state index contributed by atoms with van der Waals surface area (Å²) in [4.78, 5) is 1.86. The van der Waals surface area contributed by atoms with Gasteiger partial charge in [0, 0.05) is 23.7 Å². The van der Waals surface area contributed by atoms with Crippen LogP contribution in [0.25, 0.3) is 0 Å². The van der Waals surface area contributed by atoms with Gasteiger partial charge in [0.15, 0.2) is 0 Å². The standard InChI is InChI=1S/C15H20ClF3N2/c1-10(20)14(11-4-6-13(16)7-5-11)21-8-2-3-12(9-21)15(17,18)19/h4-7,10,12,14H,2-3,8-9,20H2,1H3. The zero-order valence-corrected chi connectivity index (χ0v) is 12.7. The van der Waals surface area contributed by atoms with Crippen molar-refractivity contribution in [3.8, 4) is 0 Å². The van der Waals surface area contributed by atoms with Gasteiger partial charge < -0.3 is 5.73 Å². The molecule has 0 radical (unpaired) electrons. The van der Waals surface area contributed by atoms with Crippen LogP contribution < -0.4 is 5.73 Å². The van der Waals surface area contributed by atoms with E-state index in [9.17, 15) is 13.2 Å². The average Bonchev–Trinajstić information content (AvgIpc) is 2.40. The van der Waals surface area contributed by atoms with Crippen LogP contribution in [-0.4, -0.2) is 30.2 Å². The van der Waals surface area contributed by atoms with Gasteiger partial charge >= 0.3 is 6.18 Å². The molecule has 2 rings (SSSR count). The fourth-order valence-corrected chi connectivity index (χ4v) is 3.16. The predicted molar refractivity (Wildman–Crippen MR) is 78.2 cm³/mol. The fraction of sp³-hybridized carbons (Fsp3) is 0.600. The summed E-state index contributed by atoms with van der Waals surface area (Å²) in [6.07, 6.45) is -3.39. The first-order chi connectivity index (χ1) is 9.79. The lowest BCUT2D eigenvalue weighted by Crippen LogP contribution is -2.47. The number of nitrogens with two attached hydrogens (primary N) is 1. The molecule has 0 amide bonds. The Balaban J connectivity index is 2.20. The molecule has 0 saturated carbocycles. The van der Waals surface area contributed by atoms with E-state index in [4.69, 9.17) is 17.3 Å². The Morgan fingerprint density at radius 3 is 2.43 bits per heavy atom. The largest absolute Gasteiger partial charge is 0.393 e. The zero-order valence-electron chi connectivity index (χ0n) is 11.9. The molecule has 6 heteroatoms. The Morgan fingerprint density at radius 1 is 1.29 bits per heavy atom.